The zero-order chi connectivity index (χ0) is 12.5. The summed E-state index contributed by atoms with van der Waals surface area (Å²) in [7, 11) is 1.62. The fraction of sp³-hybridized carbons (Fsp3) is 0.455. The maximum Gasteiger partial charge on any atom is 0.257 e. The lowest BCUT2D eigenvalue weighted by atomic mass is 10.4. The second-order valence-corrected chi connectivity index (χ2v) is 3.69. The Morgan fingerprint density at radius 3 is 3.00 bits per heavy atom. The first-order chi connectivity index (χ1) is 8.22. The number of carbonyl (C=O) groups is 1. The van der Waals surface area contributed by atoms with Crippen molar-refractivity contribution in [3.63, 3.8) is 0 Å². The van der Waals surface area contributed by atoms with Crippen molar-refractivity contribution in [2.75, 3.05) is 26.9 Å². The van der Waals surface area contributed by atoms with Crippen molar-refractivity contribution >= 4 is 17.5 Å². The van der Waals surface area contributed by atoms with E-state index in [4.69, 9.17) is 21.1 Å². The zero-order valence-electron chi connectivity index (χ0n) is 9.61. The number of carbonyl (C=O) groups excluding carboxylic acids is 1. The largest absolute Gasteiger partial charge is 0.482 e. The van der Waals surface area contributed by atoms with Crippen molar-refractivity contribution in [2.45, 2.75) is 6.42 Å². The molecule has 0 saturated heterocycles. The van der Waals surface area contributed by atoms with Crippen LogP contribution in [0.1, 0.15) is 6.42 Å². The molecule has 1 aromatic rings. The van der Waals surface area contributed by atoms with E-state index in [-0.39, 0.29) is 12.5 Å². The lowest BCUT2D eigenvalue weighted by Crippen LogP contribution is -2.30. The fourth-order valence-corrected chi connectivity index (χ4v) is 1.20. The quantitative estimate of drug-likeness (QED) is 0.591. The molecule has 0 aromatic carbocycles. The third-order valence-corrected chi connectivity index (χ3v) is 2.14. The van der Waals surface area contributed by atoms with Gasteiger partial charge in [0.2, 0.25) is 0 Å². The molecular formula is C11H15ClN2O3. The van der Waals surface area contributed by atoms with Gasteiger partial charge in [-0.05, 0) is 18.6 Å². The summed E-state index contributed by atoms with van der Waals surface area (Å²) in [6.45, 7) is 1.17. The maximum absolute atomic E-state index is 11.3. The predicted molar refractivity (Wildman–Crippen MR) is 64.2 cm³/mol. The first-order valence-corrected chi connectivity index (χ1v) is 5.60. The van der Waals surface area contributed by atoms with E-state index in [0.717, 1.165) is 6.42 Å². The predicted octanol–water partition coefficient (Wildman–Crippen LogP) is 1.27. The second-order valence-electron chi connectivity index (χ2n) is 3.30. The van der Waals surface area contributed by atoms with Gasteiger partial charge in [0.1, 0.15) is 10.9 Å². The van der Waals surface area contributed by atoms with E-state index in [0.29, 0.717) is 24.1 Å². The van der Waals surface area contributed by atoms with Crippen LogP contribution in [0.4, 0.5) is 0 Å². The number of rotatable bonds is 7. The number of ether oxygens (including phenoxy) is 2. The molecule has 0 atom stereocenters. The average Bonchev–Trinajstić information content (AvgIpc) is 2.34. The number of nitrogens with one attached hydrogen (secondary N) is 1. The monoisotopic (exact) mass is 258 g/mol. The highest BCUT2D eigenvalue weighted by molar-refractivity contribution is 6.29. The van der Waals surface area contributed by atoms with Crippen molar-refractivity contribution in [3.05, 3.63) is 23.5 Å². The molecule has 0 bridgehead atoms. The van der Waals surface area contributed by atoms with E-state index in [1.54, 1.807) is 19.2 Å². The molecule has 1 heterocycles. The molecule has 17 heavy (non-hydrogen) atoms. The van der Waals surface area contributed by atoms with Crippen LogP contribution in [0, 0.1) is 0 Å². The molecule has 1 rings (SSSR count). The first kappa shape index (κ1) is 13.7. The Balaban J connectivity index is 2.17. The average molecular weight is 259 g/mol. The third-order valence-electron chi connectivity index (χ3n) is 1.92. The van der Waals surface area contributed by atoms with Crippen LogP contribution < -0.4 is 10.1 Å². The van der Waals surface area contributed by atoms with E-state index in [1.165, 1.54) is 6.20 Å². The Morgan fingerprint density at radius 2 is 2.35 bits per heavy atom. The smallest absolute Gasteiger partial charge is 0.257 e. The standard InChI is InChI=1S/C11H15ClN2O3/c1-16-6-2-5-13-11(15)8-17-9-3-4-10(12)14-7-9/h3-4,7H,2,5-6,8H2,1H3,(H,13,15). The van der Waals surface area contributed by atoms with Gasteiger partial charge in [0.15, 0.2) is 6.61 Å². The lowest BCUT2D eigenvalue weighted by molar-refractivity contribution is -0.123. The van der Waals surface area contributed by atoms with Gasteiger partial charge in [-0.15, -0.1) is 0 Å². The zero-order valence-corrected chi connectivity index (χ0v) is 10.4. The summed E-state index contributed by atoms with van der Waals surface area (Å²) < 4.78 is 10.1. The van der Waals surface area contributed by atoms with Crippen LogP contribution in [-0.2, 0) is 9.53 Å². The SMILES string of the molecule is COCCCNC(=O)COc1ccc(Cl)nc1. The molecule has 0 saturated carbocycles. The molecule has 0 aliphatic heterocycles. The van der Waals surface area contributed by atoms with Gasteiger partial charge in [-0.1, -0.05) is 11.6 Å². The van der Waals surface area contributed by atoms with Crippen LogP contribution in [-0.4, -0.2) is 37.8 Å². The molecule has 0 spiro atoms. The van der Waals surface area contributed by atoms with Crippen molar-refractivity contribution in [3.8, 4) is 5.75 Å². The molecule has 5 nitrogen and oxygen atoms in total. The van der Waals surface area contributed by atoms with Crippen LogP contribution >= 0.6 is 11.6 Å². The van der Waals surface area contributed by atoms with Gasteiger partial charge in [0.25, 0.3) is 5.91 Å². The highest BCUT2D eigenvalue weighted by atomic mass is 35.5. The molecule has 94 valence electrons. The number of aromatic nitrogens is 1. The van der Waals surface area contributed by atoms with Crippen LogP contribution in [0.2, 0.25) is 5.15 Å². The van der Waals surface area contributed by atoms with E-state index < -0.39 is 0 Å². The Hall–Kier alpha value is -1.33. The molecule has 0 fully saturated rings. The highest BCUT2D eigenvalue weighted by Gasteiger charge is 2.02. The molecule has 0 radical (unpaired) electrons. The van der Waals surface area contributed by atoms with Crippen molar-refractivity contribution < 1.29 is 14.3 Å². The van der Waals surface area contributed by atoms with Crippen LogP contribution in [0.5, 0.6) is 5.75 Å². The molecule has 1 aromatic heterocycles. The summed E-state index contributed by atoms with van der Waals surface area (Å²) in [4.78, 5) is 15.2. The molecule has 6 heteroatoms. The van der Waals surface area contributed by atoms with Crippen LogP contribution in [0.15, 0.2) is 18.3 Å². The number of hydrogen-bond donors (Lipinski definition) is 1. The summed E-state index contributed by atoms with van der Waals surface area (Å²) in [6.07, 6.45) is 2.26. The van der Waals surface area contributed by atoms with Crippen LogP contribution in [0.25, 0.3) is 0 Å². The van der Waals surface area contributed by atoms with Crippen molar-refractivity contribution in [1.82, 2.24) is 10.3 Å². The molecule has 1 N–H and O–H groups in total. The van der Waals surface area contributed by atoms with Crippen molar-refractivity contribution in [1.29, 1.82) is 0 Å². The Kier molecular flexibility index (Phi) is 6.35. The molecule has 1 amide bonds. The van der Waals surface area contributed by atoms with Crippen LogP contribution in [0.3, 0.4) is 0 Å². The molecule has 0 aliphatic rings. The fourth-order valence-electron chi connectivity index (χ4n) is 1.09. The Bertz CT molecular complexity index is 343. The lowest BCUT2D eigenvalue weighted by Gasteiger charge is -2.06. The number of pyridine rings is 1. The van der Waals surface area contributed by atoms with Gasteiger partial charge >= 0.3 is 0 Å². The minimum absolute atomic E-state index is 0.0315. The third kappa shape index (κ3) is 6.09. The summed E-state index contributed by atoms with van der Waals surface area (Å²) in [5.74, 6) is 0.345. The number of methoxy groups -OCH3 is 1. The van der Waals surface area contributed by atoms with Gasteiger partial charge < -0.3 is 14.8 Å². The number of hydrogen-bond acceptors (Lipinski definition) is 4. The summed E-state index contributed by atoms with van der Waals surface area (Å²) in [5.41, 5.74) is 0. The minimum atomic E-state index is -0.170. The van der Waals surface area contributed by atoms with E-state index >= 15 is 0 Å². The van der Waals surface area contributed by atoms with Gasteiger partial charge in [-0.2, -0.15) is 0 Å². The van der Waals surface area contributed by atoms with E-state index in [9.17, 15) is 4.79 Å². The second kappa shape index (κ2) is 7.86. The van der Waals surface area contributed by atoms with Gasteiger partial charge in [-0.25, -0.2) is 4.98 Å². The van der Waals surface area contributed by atoms with E-state index in [2.05, 4.69) is 10.3 Å². The number of nitrogens with zero attached hydrogens (tertiary/aromatic N) is 1. The topological polar surface area (TPSA) is 60.5 Å². The van der Waals surface area contributed by atoms with Gasteiger partial charge in [0, 0.05) is 20.3 Å². The molecule has 0 unspecified atom stereocenters. The van der Waals surface area contributed by atoms with E-state index in [1.807, 2.05) is 0 Å². The highest BCUT2D eigenvalue weighted by Crippen LogP contribution is 2.11. The minimum Gasteiger partial charge on any atom is -0.482 e. The number of amides is 1. The van der Waals surface area contributed by atoms with Crippen molar-refractivity contribution in [2.24, 2.45) is 0 Å². The summed E-state index contributed by atoms with van der Waals surface area (Å²) >= 11 is 5.61. The normalized spacial score (nSPS) is 10.0. The maximum atomic E-state index is 11.3. The number of halogens is 1. The molecule has 0 aliphatic carbocycles. The van der Waals surface area contributed by atoms with Gasteiger partial charge in [-0.3, -0.25) is 4.79 Å². The summed E-state index contributed by atoms with van der Waals surface area (Å²) in [5, 5.41) is 3.10. The molecular weight excluding hydrogens is 244 g/mol. The Labute approximate surface area is 105 Å². The Morgan fingerprint density at radius 1 is 1.53 bits per heavy atom. The van der Waals surface area contributed by atoms with Gasteiger partial charge in [0.05, 0.1) is 6.20 Å². The summed E-state index contributed by atoms with van der Waals surface area (Å²) in [6, 6.07) is 3.26. The first-order valence-electron chi connectivity index (χ1n) is 5.22.